The number of carbonyl (C=O) groups is 2. The minimum Gasteiger partial charge on any atom is -0.479 e. The van der Waals surface area contributed by atoms with E-state index in [1.54, 1.807) is 17.7 Å². The van der Waals surface area contributed by atoms with E-state index in [0.717, 1.165) is 20.3 Å². The van der Waals surface area contributed by atoms with Crippen LogP contribution in [0.15, 0.2) is 23.1 Å². The summed E-state index contributed by atoms with van der Waals surface area (Å²) >= 11 is 0. The maximum atomic E-state index is 14.3. The van der Waals surface area contributed by atoms with E-state index in [9.17, 15) is 31.2 Å². The molecule has 2 N–H and O–H groups in total. The second-order valence-electron chi connectivity index (χ2n) is 10.1. The summed E-state index contributed by atoms with van der Waals surface area (Å²) in [5, 5.41) is 9.12. The number of hydrogen-bond acceptors (Lipinski definition) is 7. The molecule has 15 heteroatoms. The van der Waals surface area contributed by atoms with Crippen LogP contribution in [-0.2, 0) is 32.5 Å². The molecule has 1 atom stereocenters. The number of benzene rings is 1. The van der Waals surface area contributed by atoms with E-state index in [4.69, 9.17) is 4.74 Å². The molecule has 1 aromatic heterocycles. The van der Waals surface area contributed by atoms with Gasteiger partial charge >= 0.3 is 12.3 Å². The van der Waals surface area contributed by atoms with Crippen molar-refractivity contribution in [1.29, 1.82) is 0 Å². The van der Waals surface area contributed by atoms with Gasteiger partial charge in [-0.1, -0.05) is 13.0 Å². The molecular weight excluding hydrogens is 555 g/mol. The zero-order valence-electron chi connectivity index (χ0n) is 23.0. The average molecular weight is 590 g/mol. The molecule has 1 aliphatic heterocycles. The molecule has 0 radical (unpaired) electrons. The highest BCUT2D eigenvalue weighted by atomic mass is 32.2. The average Bonchev–Trinajstić information content (AvgIpc) is 3.44. The lowest BCUT2D eigenvalue weighted by Gasteiger charge is -2.30. The quantitative estimate of drug-likeness (QED) is 0.283. The van der Waals surface area contributed by atoms with Crippen molar-refractivity contribution in [2.45, 2.75) is 70.2 Å². The number of fused-ring (bicyclic) bond motifs is 1. The Morgan fingerprint density at radius 2 is 2.00 bits per heavy atom. The van der Waals surface area contributed by atoms with Gasteiger partial charge in [-0.05, 0) is 63.6 Å². The number of carbonyl (C=O) groups excluding carboxylic acids is 2. The lowest BCUT2D eigenvalue weighted by molar-refractivity contribution is -0.242. The fourth-order valence-electron chi connectivity index (χ4n) is 4.26. The number of sulfonamides is 1. The van der Waals surface area contributed by atoms with Crippen molar-refractivity contribution in [3.63, 3.8) is 0 Å². The van der Waals surface area contributed by atoms with Gasteiger partial charge in [0.05, 0.1) is 18.5 Å². The highest BCUT2D eigenvalue weighted by Crippen LogP contribution is 2.38. The Morgan fingerprint density at radius 1 is 1.30 bits per heavy atom. The second-order valence-corrected chi connectivity index (χ2v) is 11.9. The first-order valence-corrected chi connectivity index (χ1v) is 14.1. The smallest absolute Gasteiger partial charge is 0.427 e. The van der Waals surface area contributed by atoms with Crippen molar-refractivity contribution in [2.24, 2.45) is 5.92 Å². The van der Waals surface area contributed by atoms with Crippen molar-refractivity contribution < 1.29 is 40.7 Å². The Labute approximate surface area is 231 Å². The largest absolute Gasteiger partial charge is 0.479 e. The summed E-state index contributed by atoms with van der Waals surface area (Å²) in [6.45, 7) is 5.80. The normalized spacial score (nSPS) is 14.3. The molecule has 0 saturated heterocycles. The lowest BCUT2D eigenvalue weighted by Crippen LogP contribution is -2.44. The Morgan fingerprint density at radius 3 is 2.62 bits per heavy atom. The predicted molar refractivity (Wildman–Crippen MR) is 141 cm³/mol. The first-order valence-electron chi connectivity index (χ1n) is 12.6. The third-order valence-corrected chi connectivity index (χ3v) is 8.45. The van der Waals surface area contributed by atoms with E-state index in [1.807, 2.05) is 6.92 Å². The topological polar surface area (TPSA) is 132 Å². The molecule has 1 aromatic carbocycles. The SMILES string of the molecule is COc1nn2c(c1S(=O)(=O)N(CC(C)CCNC=O)c1cc(NC(=O)OC(C)(C)C(F)(F)F)ccc1C)CCC2. The lowest BCUT2D eigenvalue weighted by atomic mass is 10.1. The van der Waals surface area contributed by atoms with Crippen LogP contribution in [0.3, 0.4) is 0 Å². The highest BCUT2D eigenvalue weighted by molar-refractivity contribution is 7.93. The minimum atomic E-state index is -4.80. The molecule has 0 saturated carbocycles. The van der Waals surface area contributed by atoms with Gasteiger partial charge in [0.2, 0.25) is 12.0 Å². The van der Waals surface area contributed by atoms with E-state index in [-0.39, 0.29) is 34.6 Å². The van der Waals surface area contributed by atoms with Gasteiger partial charge in [0.1, 0.15) is 0 Å². The van der Waals surface area contributed by atoms with E-state index in [0.29, 0.717) is 43.6 Å². The molecule has 0 spiro atoms. The summed E-state index contributed by atoms with van der Waals surface area (Å²) in [6, 6.07) is 4.34. The van der Waals surface area contributed by atoms with Crippen molar-refractivity contribution in [2.75, 3.05) is 29.8 Å². The van der Waals surface area contributed by atoms with Crippen molar-refractivity contribution >= 4 is 33.9 Å². The van der Waals surface area contributed by atoms with Gasteiger partial charge in [-0.25, -0.2) is 13.2 Å². The van der Waals surface area contributed by atoms with Gasteiger partial charge in [0.25, 0.3) is 15.9 Å². The molecule has 2 heterocycles. The van der Waals surface area contributed by atoms with E-state index in [1.165, 1.54) is 23.5 Å². The number of amides is 2. The fourth-order valence-corrected chi connectivity index (χ4v) is 6.24. The van der Waals surface area contributed by atoms with Crippen LogP contribution in [0.1, 0.15) is 44.9 Å². The summed E-state index contributed by atoms with van der Waals surface area (Å²) in [7, 11) is -2.95. The molecule has 2 amide bonds. The van der Waals surface area contributed by atoms with Crippen molar-refractivity contribution in [3.05, 3.63) is 29.5 Å². The predicted octanol–water partition coefficient (Wildman–Crippen LogP) is 4.00. The number of aromatic nitrogens is 2. The molecule has 40 heavy (non-hydrogen) atoms. The van der Waals surface area contributed by atoms with E-state index in [2.05, 4.69) is 20.5 Å². The summed E-state index contributed by atoms with van der Waals surface area (Å²) in [5.74, 6) is -0.273. The molecule has 2 aromatic rings. The molecule has 3 rings (SSSR count). The molecule has 0 aliphatic carbocycles. The van der Waals surface area contributed by atoms with Crippen LogP contribution >= 0.6 is 0 Å². The number of nitrogens with one attached hydrogen (secondary N) is 2. The number of methoxy groups -OCH3 is 1. The first kappa shape index (κ1) is 31.0. The van der Waals surface area contributed by atoms with Gasteiger partial charge in [0.15, 0.2) is 4.90 Å². The molecular formula is C25H34F3N5O6S. The molecule has 0 bridgehead atoms. The number of ether oxygens (including phenoxy) is 2. The number of anilines is 2. The molecule has 1 aliphatic rings. The monoisotopic (exact) mass is 589 g/mol. The van der Waals surface area contributed by atoms with Crippen LogP contribution < -0.4 is 19.7 Å². The number of rotatable bonds is 12. The Hall–Kier alpha value is -3.49. The third-order valence-electron chi connectivity index (χ3n) is 6.60. The van der Waals surface area contributed by atoms with Crippen LogP contribution in [-0.4, -0.2) is 62.7 Å². The van der Waals surface area contributed by atoms with Gasteiger partial charge < -0.3 is 14.8 Å². The Balaban J connectivity index is 2.03. The van der Waals surface area contributed by atoms with Gasteiger partial charge in [0, 0.05) is 25.3 Å². The van der Waals surface area contributed by atoms with E-state index < -0.39 is 27.9 Å². The molecule has 1 unspecified atom stereocenters. The van der Waals surface area contributed by atoms with Crippen LogP contribution in [0.5, 0.6) is 5.88 Å². The third kappa shape index (κ3) is 6.62. The Bertz CT molecular complexity index is 1340. The van der Waals surface area contributed by atoms with E-state index >= 15 is 0 Å². The number of hydrogen-bond donors (Lipinski definition) is 2. The number of halogens is 3. The van der Waals surface area contributed by atoms with Crippen LogP contribution in [0.25, 0.3) is 0 Å². The second kappa shape index (κ2) is 11.9. The highest BCUT2D eigenvalue weighted by Gasteiger charge is 2.51. The van der Waals surface area contributed by atoms with Crippen molar-refractivity contribution in [1.82, 2.24) is 15.1 Å². The van der Waals surface area contributed by atoms with Gasteiger partial charge in [-0.15, -0.1) is 5.10 Å². The summed E-state index contributed by atoms with van der Waals surface area (Å²) in [5.41, 5.74) is -1.47. The molecule has 222 valence electrons. The van der Waals surface area contributed by atoms with Crippen LogP contribution in [0, 0.1) is 12.8 Å². The van der Waals surface area contributed by atoms with Crippen LogP contribution in [0.4, 0.5) is 29.3 Å². The fraction of sp³-hybridized carbons (Fsp3) is 0.560. The minimum absolute atomic E-state index is 0.00745. The number of aryl methyl sites for hydroxylation is 2. The van der Waals surface area contributed by atoms with Crippen molar-refractivity contribution in [3.8, 4) is 5.88 Å². The summed E-state index contributed by atoms with van der Waals surface area (Å²) < 4.78 is 80.8. The standard InChI is InChI=1S/C25H34F3N5O6S/c1-16(10-11-29-15-34)14-33(40(36,37)21-19-7-6-12-32(19)31-22(21)38-5)20-13-18(9-8-17(20)2)30-23(35)39-24(3,4)25(26,27)28/h8-9,13,15-16H,6-7,10-12,14H2,1-5H3,(H,29,34)(H,30,35). The van der Waals surface area contributed by atoms with Gasteiger partial charge in [-0.3, -0.25) is 19.1 Å². The Kier molecular flexibility index (Phi) is 9.27. The van der Waals surface area contributed by atoms with Gasteiger partial charge in [-0.2, -0.15) is 13.2 Å². The summed E-state index contributed by atoms with van der Waals surface area (Å²) in [6.07, 6.45) is -3.93. The molecule has 11 nitrogen and oxygen atoms in total. The summed E-state index contributed by atoms with van der Waals surface area (Å²) in [4.78, 5) is 23.0. The first-order chi connectivity index (χ1) is 18.6. The molecule has 0 fully saturated rings. The maximum absolute atomic E-state index is 14.3. The zero-order valence-corrected chi connectivity index (χ0v) is 23.8. The maximum Gasteiger partial charge on any atom is 0.427 e. The zero-order chi connectivity index (χ0) is 29.9. The number of nitrogens with zero attached hydrogens (tertiary/aromatic N) is 3. The number of alkyl halides is 3. The van der Waals surface area contributed by atoms with Crippen LogP contribution in [0.2, 0.25) is 0 Å².